The summed E-state index contributed by atoms with van der Waals surface area (Å²) >= 11 is 13.9. The summed E-state index contributed by atoms with van der Waals surface area (Å²) in [5, 5.41) is 14.1. The lowest BCUT2D eigenvalue weighted by atomic mass is 10.1. The first-order valence-electron chi connectivity index (χ1n) is 20.5. The van der Waals surface area contributed by atoms with Crippen LogP contribution in [0, 0.1) is 5.82 Å². The van der Waals surface area contributed by atoms with Gasteiger partial charge < -0.3 is 24.5 Å². The second-order valence-electron chi connectivity index (χ2n) is 15.2. The number of halogens is 3. The number of aromatic nitrogens is 2. The van der Waals surface area contributed by atoms with E-state index in [1.54, 1.807) is 28.5 Å². The number of carbonyl (C=O) groups is 2. The molecule has 3 saturated heterocycles. The van der Waals surface area contributed by atoms with Crippen LogP contribution >= 0.6 is 45.9 Å². The van der Waals surface area contributed by atoms with Crippen molar-refractivity contribution in [3.8, 4) is 0 Å². The predicted octanol–water partition coefficient (Wildman–Crippen LogP) is 7.03. The second kappa shape index (κ2) is 21.7. The maximum atomic E-state index is 13.4. The van der Waals surface area contributed by atoms with Crippen LogP contribution in [0.4, 0.5) is 26.0 Å². The Hall–Kier alpha value is -5.08. The van der Waals surface area contributed by atoms with Gasteiger partial charge in [0.25, 0.3) is 36.0 Å². The Labute approximate surface area is 410 Å². The van der Waals surface area contributed by atoms with Gasteiger partial charge in [-0.1, -0.05) is 23.2 Å². The molecule has 4 aromatic carbocycles. The topological polar surface area (TPSA) is 217 Å². The third-order valence-corrected chi connectivity index (χ3v) is 18.2. The van der Waals surface area contributed by atoms with Gasteiger partial charge >= 0.3 is 0 Å². The Morgan fingerprint density at radius 1 is 0.765 bits per heavy atom. The molecule has 0 aliphatic carbocycles. The van der Waals surface area contributed by atoms with Crippen LogP contribution in [-0.4, -0.2) is 103 Å². The highest BCUT2D eigenvalue weighted by molar-refractivity contribution is 8.10. The Kier molecular flexibility index (Phi) is 16.2. The standard InChI is InChI=1S/C19H16FN3O6S3.C13H13N3O3S2.C11H13Cl2NO/c20-13-1-5-15(6-2-13)31(26,27)23(19-21-10-12-30-19)32(28,29)16-7-3-14(4-8-16)22-11-9-17(24)18(22)25;17-12-2-1-8-16(12)10-3-5-11(6-4-10)21(18,19)15-13-14-7-9-20-13;1-14-2-3-15-11(7-14)8-4-9(12)6-10(13)5-8/h1-8,10,12,17,24H,9,11H2;3-7,9H,1-2,8H2,(H,14,15);4-6,11H,2-3,7H2,1H3/t17-;;11-/m1.0/s1. The van der Waals surface area contributed by atoms with E-state index >= 15 is 0 Å². The van der Waals surface area contributed by atoms with Gasteiger partial charge in [0.05, 0.1) is 27.4 Å². The fourth-order valence-electron chi connectivity index (χ4n) is 7.07. The SMILES string of the molecule is CN1CCO[C@H](c2cc(Cl)cc(Cl)c2)C1.O=C1CCCN1c1ccc(S(=O)(=O)Nc2nccs2)cc1.O=C1[C@H](O)CCN1c1ccc(S(=O)(=O)N(c2nccs2)S(=O)(=O)c2ccc(F)cc2)cc1. The number of aliphatic hydroxyl groups is 1. The van der Waals surface area contributed by atoms with Crippen molar-refractivity contribution in [2.75, 3.05) is 58.1 Å². The number of anilines is 4. The fraction of sp³-hybridized carbons (Fsp3) is 0.256. The van der Waals surface area contributed by atoms with E-state index < -0.39 is 52.8 Å². The smallest absolute Gasteiger partial charge is 0.279 e. The van der Waals surface area contributed by atoms with Gasteiger partial charge in [-0.3, -0.25) is 14.3 Å². The Bertz CT molecular complexity index is 3030. The molecule has 0 unspecified atom stereocenters. The van der Waals surface area contributed by atoms with Crippen molar-refractivity contribution in [3.63, 3.8) is 0 Å². The molecular weight excluding hydrogens is 1020 g/mol. The largest absolute Gasteiger partial charge is 0.383 e. The number of amides is 2. The lowest BCUT2D eigenvalue weighted by Gasteiger charge is -2.30. The first-order valence-corrected chi connectivity index (χ1v) is 27.4. The maximum absolute atomic E-state index is 13.4. The van der Waals surface area contributed by atoms with E-state index in [1.165, 1.54) is 70.4 Å². The Morgan fingerprint density at radius 2 is 1.34 bits per heavy atom. The lowest BCUT2D eigenvalue weighted by Crippen LogP contribution is -2.37. The van der Waals surface area contributed by atoms with Crippen molar-refractivity contribution >= 4 is 109 Å². The molecule has 0 saturated carbocycles. The number of carbonyl (C=O) groups excluding carboxylic acids is 2. The van der Waals surface area contributed by atoms with E-state index in [2.05, 4.69) is 26.6 Å². The average Bonchev–Trinajstić information content (AvgIpc) is 4.15. The van der Waals surface area contributed by atoms with Crippen LogP contribution in [0.3, 0.4) is 0 Å². The number of likely N-dealkylation sites (N-methyl/N-ethyl adjacent to an activating group) is 1. The van der Waals surface area contributed by atoms with Gasteiger partial charge in [0.15, 0.2) is 5.13 Å². The van der Waals surface area contributed by atoms with Crippen molar-refractivity contribution in [2.24, 2.45) is 0 Å². The number of nitrogens with one attached hydrogen (secondary N) is 1. The van der Waals surface area contributed by atoms with E-state index in [0.29, 0.717) is 33.8 Å². The van der Waals surface area contributed by atoms with Crippen molar-refractivity contribution in [2.45, 2.75) is 46.2 Å². The number of benzene rings is 4. The van der Waals surface area contributed by atoms with Crippen LogP contribution in [0.1, 0.15) is 30.9 Å². The van der Waals surface area contributed by atoms with E-state index in [4.69, 9.17) is 27.9 Å². The summed E-state index contributed by atoms with van der Waals surface area (Å²) in [6.07, 6.45) is 3.41. The molecular formula is C43H42Cl2FN7O10S5. The minimum atomic E-state index is -4.66. The molecule has 2 atom stereocenters. The van der Waals surface area contributed by atoms with E-state index in [-0.39, 0.29) is 43.6 Å². The molecule has 68 heavy (non-hydrogen) atoms. The summed E-state index contributed by atoms with van der Waals surface area (Å²) in [7, 11) is -10.9. The lowest BCUT2D eigenvalue weighted by molar-refractivity contribution is -0.124. The summed E-state index contributed by atoms with van der Waals surface area (Å²) in [5.74, 6) is -1.10. The molecule has 0 bridgehead atoms. The van der Waals surface area contributed by atoms with Gasteiger partial charge in [0.2, 0.25) is 11.0 Å². The Morgan fingerprint density at radius 3 is 1.85 bits per heavy atom. The molecule has 0 radical (unpaired) electrons. The number of sulfonamides is 3. The zero-order chi connectivity index (χ0) is 48.8. The summed E-state index contributed by atoms with van der Waals surface area (Å²) in [6.45, 7) is 3.57. The molecule has 0 spiro atoms. The number of ether oxygens (including phenoxy) is 1. The van der Waals surface area contributed by atoms with Crippen LogP contribution in [0.15, 0.2) is 129 Å². The number of morpholine rings is 1. The molecule has 6 aromatic rings. The first kappa shape index (κ1) is 50.8. The molecule has 17 nitrogen and oxygen atoms in total. The van der Waals surface area contributed by atoms with Gasteiger partial charge in [-0.25, -0.2) is 22.8 Å². The van der Waals surface area contributed by atoms with Gasteiger partial charge in [-0.15, -0.1) is 26.4 Å². The summed E-state index contributed by atoms with van der Waals surface area (Å²) in [6, 6.07) is 20.7. The average molecular weight is 1070 g/mol. The van der Waals surface area contributed by atoms with Crippen LogP contribution in [0.5, 0.6) is 0 Å². The summed E-state index contributed by atoms with van der Waals surface area (Å²) < 4.78 is 99.2. The van der Waals surface area contributed by atoms with Crippen molar-refractivity contribution in [1.82, 2.24) is 14.9 Å². The minimum Gasteiger partial charge on any atom is -0.383 e. The predicted molar refractivity (Wildman–Crippen MR) is 258 cm³/mol. The third-order valence-electron chi connectivity index (χ3n) is 10.5. The number of thiazole rings is 2. The molecule has 360 valence electrons. The number of rotatable bonds is 11. The van der Waals surface area contributed by atoms with Crippen LogP contribution in [0.2, 0.25) is 10.0 Å². The summed E-state index contributed by atoms with van der Waals surface area (Å²) in [4.78, 5) is 36.0. The maximum Gasteiger partial charge on any atom is 0.279 e. The highest BCUT2D eigenvalue weighted by Crippen LogP contribution is 2.34. The molecule has 3 aliphatic heterocycles. The highest BCUT2D eigenvalue weighted by atomic mass is 35.5. The van der Waals surface area contributed by atoms with E-state index in [1.807, 2.05) is 12.1 Å². The van der Waals surface area contributed by atoms with Crippen LogP contribution in [0.25, 0.3) is 0 Å². The molecule has 2 N–H and O–H groups in total. The second-order valence-corrected chi connectivity index (χ2v) is 23.3. The summed E-state index contributed by atoms with van der Waals surface area (Å²) in [5.41, 5.74) is 2.15. The van der Waals surface area contributed by atoms with Gasteiger partial charge in [0.1, 0.15) is 11.9 Å². The van der Waals surface area contributed by atoms with Crippen LogP contribution in [-0.2, 0) is 44.4 Å². The molecule has 9 rings (SSSR count). The molecule has 2 aromatic heterocycles. The number of nitrogens with zero attached hydrogens (tertiary/aromatic N) is 6. The fourth-order valence-corrected chi connectivity index (χ4v) is 14.1. The minimum absolute atomic E-state index is 0.0755. The van der Waals surface area contributed by atoms with Crippen molar-refractivity contribution < 1.29 is 49.1 Å². The normalized spacial score (nSPS) is 17.8. The number of aliphatic hydroxyl groups excluding tert-OH is 1. The zero-order valence-corrected chi connectivity index (χ0v) is 41.4. The van der Waals surface area contributed by atoms with Crippen LogP contribution < -0.4 is 18.2 Å². The van der Waals surface area contributed by atoms with Gasteiger partial charge in [-0.2, -0.15) is 16.8 Å². The first-order chi connectivity index (χ1) is 32.3. The molecule has 3 fully saturated rings. The Balaban J connectivity index is 0.000000163. The van der Waals surface area contributed by atoms with E-state index in [9.17, 15) is 44.3 Å². The monoisotopic (exact) mass is 1070 g/mol. The number of hydrogen-bond donors (Lipinski definition) is 2. The highest BCUT2D eigenvalue weighted by Gasteiger charge is 2.39. The molecule has 2 amide bonds. The van der Waals surface area contributed by atoms with Gasteiger partial charge in [-0.05, 0) is 110 Å². The number of hydrogen-bond acceptors (Lipinski definition) is 15. The van der Waals surface area contributed by atoms with Gasteiger partial charge in [0, 0.05) is 83.6 Å². The van der Waals surface area contributed by atoms with Crippen molar-refractivity contribution in [1.29, 1.82) is 0 Å². The van der Waals surface area contributed by atoms with Crippen molar-refractivity contribution in [3.05, 3.63) is 136 Å². The molecule has 3 aliphatic rings. The molecule has 5 heterocycles. The van der Waals surface area contributed by atoms with E-state index in [0.717, 1.165) is 73.0 Å². The zero-order valence-electron chi connectivity index (χ0n) is 35.8. The third kappa shape index (κ3) is 12.0. The quantitative estimate of drug-likeness (QED) is 0.133. The molecule has 25 heteroatoms.